The van der Waals surface area contributed by atoms with Crippen LogP contribution < -0.4 is 11.1 Å². The van der Waals surface area contributed by atoms with Crippen molar-refractivity contribution >= 4 is 11.6 Å². The van der Waals surface area contributed by atoms with Gasteiger partial charge in [0, 0.05) is 6.04 Å². The lowest BCUT2D eigenvalue weighted by atomic mass is 10.1. The van der Waals surface area contributed by atoms with Gasteiger partial charge in [-0.15, -0.1) is 0 Å². The molecule has 1 aliphatic rings. The molecule has 2 rings (SSSR count). The van der Waals surface area contributed by atoms with Crippen molar-refractivity contribution in [3.05, 3.63) is 29.3 Å². The number of nitrogens with two attached hydrogens (primary N) is 1. The highest BCUT2D eigenvalue weighted by atomic mass is 19.1. The molecule has 1 aromatic carbocycles. The maximum atomic E-state index is 13.6. The first-order valence-electron chi connectivity index (χ1n) is 5.63. The zero-order chi connectivity index (χ0) is 12.4. The number of rotatable bonds is 2. The molecule has 0 atom stereocenters. The van der Waals surface area contributed by atoms with Crippen LogP contribution in [0.2, 0.25) is 0 Å². The predicted molar refractivity (Wildman–Crippen MR) is 60.5 cm³/mol. The summed E-state index contributed by atoms with van der Waals surface area (Å²) < 4.78 is 26.6. The van der Waals surface area contributed by atoms with E-state index in [9.17, 15) is 13.6 Å². The van der Waals surface area contributed by atoms with Gasteiger partial charge in [0.2, 0.25) is 0 Å². The number of hydrogen-bond donors (Lipinski definition) is 2. The van der Waals surface area contributed by atoms with Gasteiger partial charge < -0.3 is 11.1 Å². The van der Waals surface area contributed by atoms with E-state index in [1.54, 1.807) is 0 Å². The first-order valence-corrected chi connectivity index (χ1v) is 5.63. The van der Waals surface area contributed by atoms with Crippen molar-refractivity contribution in [3.8, 4) is 0 Å². The molecular formula is C12H14F2N2O. The Bertz CT molecular complexity index is 442. The van der Waals surface area contributed by atoms with Crippen molar-refractivity contribution in [3.63, 3.8) is 0 Å². The molecule has 92 valence electrons. The highest BCUT2D eigenvalue weighted by Gasteiger charge is 2.21. The standard InChI is InChI=1S/C12H14F2N2O/c13-7-5-9(11(14)10(15)6-7)12(17)16-8-3-1-2-4-8/h5-6,8H,1-4,15H2,(H,16,17). The van der Waals surface area contributed by atoms with E-state index in [-0.39, 0.29) is 17.3 Å². The summed E-state index contributed by atoms with van der Waals surface area (Å²) in [5, 5.41) is 2.69. The number of nitrogens with one attached hydrogen (secondary N) is 1. The Morgan fingerprint density at radius 2 is 1.94 bits per heavy atom. The molecule has 0 spiro atoms. The van der Waals surface area contributed by atoms with E-state index < -0.39 is 17.5 Å². The lowest BCUT2D eigenvalue weighted by Crippen LogP contribution is -2.33. The number of hydrogen-bond acceptors (Lipinski definition) is 2. The van der Waals surface area contributed by atoms with Crippen LogP contribution in [0, 0.1) is 11.6 Å². The molecule has 0 aromatic heterocycles. The normalized spacial score (nSPS) is 16.1. The second-order valence-electron chi connectivity index (χ2n) is 4.31. The summed E-state index contributed by atoms with van der Waals surface area (Å²) in [5.74, 6) is -2.16. The number of amides is 1. The van der Waals surface area contributed by atoms with Crippen LogP contribution in [0.3, 0.4) is 0 Å². The Morgan fingerprint density at radius 1 is 1.29 bits per heavy atom. The summed E-state index contributed by atoms with van der Waals surface area (Å²) >= 11 is 0. The Labute approximate surface area is 98.0 Å². The van der Waals surface area contributed by atoms with E-state index in [1.807, 2.05) is 0 Å². The zero-order valence-corrected chi connectivity index (χ0v) is 9.30. The minimum absolute atomic E-state index is 0.0615. The lowest BCUT2D eigenvalue weighted by Gasteiger charge is -2.12. The van der Waals surface area contributed by atoms with Crippen LogP contribution in [0.5, 0.6) is 0 Å². The molecule has 1 saturated carbocycles. The van der Waals surface area contributed by atoms with Crippen molar-refractivity contribution in [2.45, 2.75) is 31.7 Å². The molecule has 0 heterocycles. The van der Waals surface area contributed by atoms with Crippen molar-refractivity contribution < 1.29 is 13.6 Å². The Balaban J connectivity index is 2.18. The fourth-order valence-electron chi connectivity index (χ4n) is 2.11. The van der Waals surface area contributed by atoms with Crippen molar-refractivity contribution in [2.24, 2.45) is 0 Å². The molecule has 1 aromatic rings. The first-order chi connectivity index (χ1) is 8.08. The van der Waals surface area contributed by atoms with Crippen LogP contribution in [-0.2, 0) is 0 Å². The van der Waals surface area contributed by atoms with Gasteiger partial charge in [-0.05, 0) is 25.0 Å². The molecule has 5 heteroatoms. The monoisotopic (exact) mass is 240 g/mol. The average Bonchev–Trinajstić information content (AvgIpc) is 2.76. The van der Waals surface area contributed by atoms with Gasteiger partial charge in [0.05, 0.1) is 11.3 Å². The van der Waals surface area contributed by atoms with Crippen molar-refractivity contribution in [1.29, 1.82) is 0 Å². The minimum Gasteiger partial charge on any atom is -0.396 e. The topological polar surface area (TPSA) is 55.1 Å². The third kappa shape index (κ3) is 2.54. The summed E-state index contributed by atoms with van der Waals surface area (Å²) in [4.78, 5) is 11.8. The maximum Gasteiger partial charge on any atom is 0.254 e. The summed E-state index contributed by atoms with van der Waals surface area (Å²) in [6.45, 7) is 0. The maximum absolute atomic E-state index is 13.6. The number of benzene rings is 1. The van der Waals surface area contributed by atoms with Crippen LogP contribution in [0.25, 0.3) is 0 Å². The second-order valence-corrected chi connectivity index (χ2v) is 4.31. The number of nitrogen functional groups attached to an aromatic ring is 1. The van der Waals surface area contributed by atoms with Crippen molar-refractivity contribution in [2.75, 3.05) is 5.73 Å². The molecule has 0 aliphatic heterocycles. The predicted octanol–water partition coefficient (Wildman–Crippen LogP) is 2.22. The molecule has 0 unspecified atom stereocenters. The molecular weight excluding hydrogens is 226 g/mol. The van der Waals surface area contributed by atoms with E-state index in [4.69, 9.17) is 5.73 Å². The molecule has 0 saturated heterocycles. The zero-order valence-electron chi connectivity index (χ0n) is 9.30. The number of carbonyl (C=O) groups is 1. The van der Waals surface area contributed by atoms with Crippen LogP contribution in [0.15, 0.2) is 12.1 Å². The van der Waals surface area contributed by atoms with Crippen LogP contribution in [0.1, 0.15) is 36.0 Å². The molecule has 1 amide bonds. The number of carbonyl (C=O) groups excluding carboxylic acids is 1. The Hall–Kier alpha value is -1.65. The Kier molecular flexibility index (Phi) is 3.26. The summed E-state index contributed by atoms with van der Waals surface area (Å²) in [7, 11) is 0. The largest absolute Gasteiger partial charge is 0.396 e. The molecule has 17 heavy (non-hydrogen) atoms. The number of anilines is 1. The molecule has 0 radical (unpaired) electrons. The summed E-state index contributed by atoms with van der Waals surface area (Å²) in [5.41, 5.74) is 4.60. The summed E-state index contributed by atoms with van der Waals surface area (Å²) in [6, 6.07) is 1.80. The molecule has 1 aliphatic carbocycles. The van der Waals surface area contributed by atoms with Crippen LogP contribution in [-0.4, -0.2) is 11.9 Å². The first kappa shape index (κ1) is 11.8. The number of halogens is 2. The average molecular weight is 240 g/mol. The smallest absolute Gasteiger partial charge is 0.254 e. The lowest BCUT2D eigenvalue weighted by molar-refractivity contribution is 0.0933. The minimum atomic E-state index is -0.859. The van der Waals surface area contributed by atoms with E-state index in [0.717, 1.165) is 37.8 Å². The van der Waals surface area contributed by atoms with Gasteiger partial charge in [-0.3, -0.25) is 4.79 Å². The van der Waals surface area contributed by atoms with Gasteiger partial charge in [0.25, 0.3) is 5.91 Å². The van der Waals surface area contributed by atoms with Gasteiger partial charge in [-0.2, -0.15) is 0 Å². The highest BCUT2D eigenvalue weighted by Crippen LogP contribution is 2.20. The van der Waals surface area contributed by atoms with E-state index >= 15 is 0 Å². The van der Waals surface area contributed by atoms with Gasteiger partial charge in [0.15, 0.2) is 5.82 Å². The van der Waals surface area contributed by atoms with Gasteiger partial charge in [-0.1, -0.05) is 12.8 Å². The van der Waals surface area contributed by atoms with E-state index in [1.165, 1.54) is 0 Å². The van der Waals surface area contributed by atoms with Gasteiger partial charge in [-0.25, -0.2) is 8.78 Å². The van der Waals surface area contributed by atoms with Crippen LogP contribution in [0.4, 0.5) is 14.5 Å². The second kappa shape index (κ2) is 4.69. The molecule has 3 N–H and O–H groups in total. The molecule has 0 bridgehead atoms. The van der Waals surface area contributed by atoms with Crippen molar-refractivity contribution in [1.82, 2.24) is 5.32 Å². The van der Waals surface area contributed by atoms with E-state index in [2.05, 4.69) is 5.32 Å². The Morgan fingerprint density at radius 3 is 2.59 bits per heavy atom. The van der Waals surface area contributed by atoms with Gasteiger partial charge in [0.1, 0.15) is 5.82 Å². The quantitative estimate of drug-likeness (QED) is 0.779. The SMILES string of the molecule is Nc1cc(F)cc(C(=O)NC2CCCC2)c1F. The van der Waals surface area contributed by atoms with Gasteiger partial charge >= 0.3 is 0 Å². The van der Waals surface area contributed by atoms with Crippen LogP contribution >= 0.6 is 0 Å². The molecule has 3 nitrogen and oxygen atoms in total. The fourth-order valence-corrected chi connectivity index (χ4v) is 2.11. The summed E-state index contributed by atoms with van der Waals surface area (Å²) in [6.07, 6.45) is 3.88. The molecule has 1 fully saturated rings. The third-order valence-electron chi connectivity index (χ3n) is 3.00. The fraction of sp³-hybridized carbons (Fsp3) is 0.417. The highest BCUT2D eigenvalue weighted by molar-refractivity contribution is 5.95. The third-order valence-corrected chi connectivity index (χ3v) is 3.00. The van der Waals surface area contributed by atoms with E-state index in [0.29, 0.717) is 0 Å².